The lowest BCUT2D eigenvalue weighted by Crippen LogP contribution is -2.18. The molecule has 0 heterocycles. The molecule has 0 aromatic heterocycles. The highest BCUT2D eigenvalue weighted by Gasteiger charge is 2.24. The molecule has 0 saturated heterocycles. The molecule has 0 fully saturated rings. The fraction of sp³-hybridized carbons (Fsp3) is 0.565. The first-order valence-corrected chi connectivity index (χ1v) is 8.95. The first-order chi connectivity index (χ1) is 11.0. The topological polar surface area (TPSA) is 9.23 Å². The van der Waals surface area contributed by atoms with Crippen LogP contribution in [0, 0.1) is 0 Å². The van der Waals surface area contributed by atoms with E-state index in [0.717, 1.165) is 5.75 Å². The van der Waals surface area contributed by atoms with Gasteiger partial charge >= 0.3 is 0 Å². The smallest absolute Gasteiger partial charge is 0.129 e. The van der Waals surface area contributed by atoms with E-state index >= 15 is 0 Å². The van der Waals surface area contributed by atoms with E-state index in [4.69, 9.17) is 4.74 Å². The van der Waals surface area contributed by atoms with Gasteiger partial charge in [0.25, 0.3) is 0 Å². The highest BCUT2D eigenvalue weighted by molar-refractivity contribution is 5.63. The molecule has 1 aromatic rings. The van der Waals surface area contributed by atoms with Crippen molar-refractivity contribution in [1.82, 2.24) is 0 Å². The molecule has 138 valence electrons. The van der Waals surface area contributed by atoms with Gasteiger partial charge in [-0.05, 0) is 36.3 Å². The van der Waals surface area contributed by atoms with Crippen molar-refractivity contribution in [2.75, 3.05) is 7.11 Å². The molecular formula is C23H40O. The predicted octanol–water partition coefficient (Wildman–Crippen LogP) is 7.54. The van der Waals surface area contributed by atoms with Crippen LogP contribution in [0.25, 0.3) is 6.08 Å². The summed E-state index contributed by atoms with van der Waals surface area (Å²) >= 11 is 0. The van der Waals surface area contributed by atoms with Crippen molar-refractivity contribution in [3.63, 3.8) is 0 Å². The summed E-state index contributed by atoms with van der Waals surface area (Å²) in [6, 6.07) is 4.54. The molecule has 0 bridgehead atoms. The molecule has 1 nitrogen and oxygen atoms in total. The summed E-state index contributed by atoms with van der Waals surface area (Å²) in [5.74, 6) is 0.999. The highest BCUT2D eigenvalue weighted by atomic mass is 16.5. The van der Waals surface area contributed by atoms with E-state index in [2.05, 4.69) is 72.4 Å². The molecule has 1 rings (SSSR count). The summed E-state index contributed by atoms with van der Waals surface area (Å²) in [6.07, 6.45) is 5.94. The Labute approximate surface area is 151 Å². The third kappa shape index (κ3) is 7.86. The van der Waals surface area contributed by atoms with Crippen molar-refractivity contribution < 1.29 is 4.74 Å². The van der Waals surface area contributed by atoms with Crippen LogP contribution in [0.15, 0.2) is 30.9 Å². The quantitative estimate of drug-likeness (QED) is 0.508. The van der Waals surface area contributed by atoms with Crippen LogP contribution in [0.1, 0.15) is 85.9 Å². The molecule has 0 radical (unpaired) electrons. The van der Waals surface area contributed by atoms with Crippen molar-refractivity contribution in [3.05, 3.63) is 47.6 Å². The molecule has 0 aliphatic rings. The fourth-order valence-corrected chi connectivity index (χ4v) is 2.17. The molecule has 24 heavy (non-hydrogen) atoms. The van der Waals surface area contributed by atoms with E-state index in [-0.39, 0.29) is 10.8 Å². The Hall–Kier alpha value is -1.50. The summed E-state index contributed by atoms with van der Waals surface area (Å²) in [6.45, 7) is 24.7. The van der Waals surface area contributed by atoms with Crippen LogP contribution < -0.4 is 4.74 Å². The lowest BCUT2D eigenvalue weighted by molar-refractivity contribution is 0.395. The van der Waals surface area contributed by atoms with Gasteiger partial charge in [0.15, 0.2) is 0 Å². The zero-order valence-corrected chi connectivity index (χ0v) is 18.0. The monoisotopic (exact) mass is 332 g/mol. The fourth-order valence-electron chi connectivity index (χ4n) is 2.17. The molecule has 0 spiro atoms. The van der Waals surface area contributed by atoms with Crippen LogP contribution in [0.2, 0.25) is 0 Å². The first kappa shape index (κ1) is 24.7. The molecule has 0 aliphatic heterocycles. The minimum Gasteiger partial charge on any atom is -0.496 e. The van der Waals surface area contributed by atoms with Crippen molar-refractivity contribution in [2.45, 2.75) is 80.1 Å². The number of benzene rings is 1. The van der Waals surface area contributed by atoms with Crippen LogP contribution in [0.4, 0.5) is 0 Å². The summed E-state index contributed by atoms with van der Waals surface area (Å²) < 4.78 is 5.67. The Morgan fingerprint density at radius 1 is 0.917 bits per heavy atom. The molecule has 0 amide bonds. The van der Waals surface area contributed by atoms with Gasteiger partial charge in [0.05, 0.1) is 7.11 Å². The van der Waals surface area contributed by atoms with E-state index in [1.807, 2.05) is 27.7 Å². The molecule has 0 saturated carbocycles. The minimum absolute atomic E-state index is 0.0724. The minimum atomic E-state index is 0.0724. The zero-order valence-electron chi connectivity index (χ0n) is 18.0. The molecule has 0 N–H and O–H groups in total. The van der Waals surface area contributed by atoms with Crippen molar-refractivity contribution in [1.29, 1.82) is 0 Å². The Morgan fingerprint density at radius 3 is 1.67 bits per heavy atom. The van der Waals surface area contributed by atoms with Crippen LogP contribution in [-0.4, -0.2) is 7.11 Å². The summed E-state index contributed by atoms with van der Waals surface area (Å²) in [4.78, 5) is 0. The van der Waals surface area contributed by atoms with Gasteiger partial charge in [0.1, 0.15) is 5.75 Å². The van der Waals surface area contributed by atoms with Crippen LogP contribution >= 0.6 is 0 Å². The predicted molar refractivity (Wildman–Crippen MR) is 112 cm³/mol. The molecule has 1 heteroatoms. The Balaban J connectivity index is 0. The third-order valence-corrected chi connectivity index (χ3v) is 3.34. The van der Waals surface area contributed by atoms with Gasteiger partial charge in [0, 0.05) is 11.1 Å². The Bertz CT molecular complexity index is 508. The lowest BCUT2D eigenvalue weighted by atomic mass is 9.79. The van der Waals surface area contributed by atoms with Gasteiger partial charge in [-0.2, -0.15) is 0 Å². The zero-order chi connectivity index (χ0) is 19.6. The van der Waals surface area contributed by atoms with E-state index in [1.165, 1.54) is 16.7 Å². The lowest BCUT2D eigenvalue weighted by Gasteiger charge is -2.28. The summed E-state index contributed by atoms with van der Waals surface area (Å²) in [5, 5.41) is 0. The summed E-state index contributed by atoms with van der Waals surface area (Å²) in [7, 11) is 1.76. The SMILES string of the molecule is C/C=C\c1cc(C(C)(C)C)cc(C(C)(C)C)c1OC.C=CC.CC. The maximum atomic E-state index is 5.67. The standard InChI is InChI=1S/C18H28O.C3H6.C2H6/c1-9-10-13-11-14(17(2,3)4)12-15(16(13)19-8)18(5,6)7;1-3-2;1-2/h9-12H,1-8H3;3H,1H2,2H3;1-2H3/b10-9-;;. The average Bonchev–Trinajstić information content (AvgIpc) is 2.48. The van der Waals surface area contributed by atoms with Gasteiger partial charge < -0.3 is 4.74 Å². The molecule has 0 atom stereocenters. The third-order valence-electron chi connectivity index (χ3n) is 3.34. The Morgan fingerprint density at radius 2 is 1.38 bits per heavy atom. The van der Waals surface area contributed by atoms with Crippen LogP contribution in [0.5, 0.6) is 5.75 Å². The largest absolute Gasteiger partial charge is 0.496 e. The molecule has 0 aliphatic carbocycles. The molecule has 0 unspecified atom stereocenters. The average molecular weight is 333 g/mol. The number of hydrogen-bond acceptors (Lipinski definition) is 1. The second-order valence-electron chi connectivity index (χ2n) is 7.55. The van der Waals surface area contributed by atoms with Crippen LogP contribution in [0.3, 0.4) is 0 Å². The van der Waals surface area contributed by atoms with E-state index in [0.29, 0.717) is 0 Å². The second kappa shape index (κ2) is 11.1. The summed E-state index contributed by atoms with van der Waals surface area (Å²) in [5.41, 5.74) is 4.01. The number of hydrogen-bond donors (Lipinski definition) is 0. The van der Waals surface area contributed by atoms with Crippen molar-refractivity contribution in [3.8, 4) is 5.75 Å². The van der Waals surface area contributed by atoms with Crippen molar-refractivity contribution >= 4 is 6.08 Å². The van der Waals surface area contributed by atoms with E-state index in [1.54, 1.807) is 13.2 Å². The van der Waals surface area contributed by atoms with E-state index < -0.39 is 0 Å². The van der Waals surface area contributed by atoms with Gasteiger partial charge in [-0.3, -0.25) is 0 Å². The van der Waals surface area contributed by atoms with Gasteiger partial charge in [-0.25, -0.2) is 0 Å². The van der Waals surface area contributed by atoms with Crippen molar-refractivity contribution in [2.24, 2.45) is 0 Å². The maximum Gasteiger partial charge on any atom is 0.129 e. The first-order valence-electron chi connectivity index (χ1n) is 8.95. The van der Waals surface area contributed by atoms with Gasteiger partial charge in [-0.1, -0.05) is 79.7 Å². The number of methoxy groups -OCH3 is 1. The number of allylic oxidation sites excluding steroid dienone is 2. The number of ether oxygens (including phenoxy) is 1. The highest BCUT2D eigenvalue weighted by Crippen LogP contribution is 2.38. The van der Waals surface area contributed by atoms with Crippen LogP contribution in [-0.2, 0) is 10.8 Å². The Kier molecular flexibility index (Phi) is 11.5. The number of rotatable bonds is 2. The van der Waals surface area contributed by atoms with E-state index in [9.17, 15) is 0 Å². The molecule has 1 aromatic carbocycles. The van der Waals surface area contributed by atoms with Gasteiger partial charge in [-0.15, -0.1) is 6.58 Å². The normalized spacial score (nSPS) is 11.1. The second-order valence-corrected chi connectivity index (χ2v) is 7.55. The van der Waals surface area contributed by atoms with Gasteiger partial charge in [0.2, 0.25) is 0 Å². The maximum absolute atomic E-state index is 5.67. The molecular weight excluding hydrogens is 292 g/mol.